The summed E-state index contributed by atoms with van der Waals surface area (Å²) < 4.78 is 10.9. The van der Waals surface area contributed by atoms with Crippen LogP contribution in [0, 0.1) is 0 Å². The lowest BCUT2D eigenvalue weighted by atomic mass is 10.3. The number of nitrogens with zero attached hydrogens (tertiary/aromatic N) is 2. The van der Waals surface area contributed by atoms with Crippen molar-refractivity contribution in [3.05, 3.63) is 36.5 Å². The Morgan fingerprint density at radius 1 is 1.17 bits per heavy atom. The first-order valence-electron chi connectivity index (χ1n) is 5.52. The molecule has 0 atom stereocenters. The van der Waals surface area contributed by atoms with Gasteiger partial charge in [-0.1, -0.05) is 0 Å². The van der Waals surface area contributed by atoms with E-state index in [1.165, 1.54) is 0 Å². The molecule has 1 aromatic carbocycles. The monoisotopic (exact) mass is 246 g/mol. The van der Waals surface area contributed by atoms with E-state index in [1.54, 1.807) is 12.3 Å². The fourth-order valence-corrected chi connectivity index (χ4v) is 1.36. The molecule has 0 aliphatic heterocycles. The van der Waals surface area contributed by atoms with Crippen molar-refractivity contribution in [3.63, 3.8) is 0 Å². The van der Waals surface area contributed by atoms with Gasteiger partial charge in [-0.2, -0.15) is 4.98 Å². The number of aromatic nitrogens is 2. The SMILES string of the molecule is CCOc1ccc(Oc2ccnc(NN)n2)cc1. The summed E-state index contributed by atoms with van der Waals surface area (Å²) in [7, 11) is 0. The van der Waals surface area contributed by atoms with E-state index in [1.807, 2.05) is 31.2 Å². The van der Waals surface area contributed by atoms with E-state index in [0.717, 1.165) is 5.75 Å². The number of anilines is 1. The molecule has 94 valence electrons. The Labute approximate surface area is 105 Å². The molecule has 0 spiro atoms. The molecule has 0 aliphatic rings. The van der Waals surface area contributed by atoms with E-state index in [0.29, 0.717) is 24.2 Å². The van der Waals surface area contributed by atoms with Crippen LogP contribution in [-0.4, -0.2) is 16.6 Å². The number of rotatable bonds is 5. The van der Waals surface area contributed by atoms with Crippen LogP contribution in [0.3, 0.4) is 0 Å². The van der Waals surface area contributed by atoms with Crippen molar-refractivity contribution in [2.45, 2.75) is 6.92 Å². The van der Waals surface area contributed by atoms with Crippen molar-refractivity contribution in [1.82, 2.24) is 9.97 Å². The molecular formula is C12H14N4O2. The first-order valence-corrected chi connectivity index (χ1v) is 5.52. The number of ether oxygens (including phenoxy) is 2. The summed E-state index contributed by atoms with van der Waals surface area (Å²) in [5, 5.41) is 0. The smallest absolute Gasteiger partial charge is 0.240 e. The lowest BCUT2D eigenvalue weighted by Crippen LogP contribution is -2.10. The minimum Gasteiger partial charge on any atom is -0.494 e. The molecule has 6 nitrogen and oxygen atoms in total. The molecular weight excluding hydrogens is 232 g/mol. The predicted octanol–water partition coefficient (Wildman–Crippen LogP) is 1.95. The highest BCUT2D eigenvalue weighted by atomic mass is 16.5. The molecule has 2 aromatic rings. The van der Waals surface area contributed by atoms with Crippen LogP contribution >= 0.6 is 0 Å². The van der Waals surface area contributed by atoms with Crippen LogP contribution < -0.4 is 20.7 Å². The maximum Gasteiger partial charge on any atom is 0.240 e. The molecule has 0 amide bonds. The second-order valence-corrected chi connectivity index (χ2v) is 3.37. The highest BCUT2D eigenvalue weighted by molar-refractivity contribution is 5.34. The fourth-order valence-electron chi connectivity index (χ4n) is 1.36. The molecule has 0 bridgehead atoms. The second kappa shape index (κ2) is 5.83. The van der Waals surface area contributed by atoms with E-state index in [4.69, 9.17) is 15.3 Å². The highest BCUT2D eigenvalue weighted by Gasteiger charge is 2.01. The molecule has 0 unspecified atom stereocenters. The number of hydrogen-bond donors (Lipinski definition) is 2. The molecule has 0 fully saturated rings. The molecule has 2 rings (SSSR count). The first kappa shape index (κ1) is 12.1. The van der Waals surface area contributed by atoms with Crippen molar-refractivity contribution in [1.29, 1.82) is 0 Å². The number of hydrazine groups is 1. The largest absolute Gasteiger partial charge is 0.494 e. The Kier molecular flexibility index (Phi) is 3.93. The zero-order valence-corrected chi connectivity index (χ0v) is 9.96. The van der Waals surface area contributed by atoms with Gasteiger partial charge >= 0.3 is 0 Å². The maximum atomic E-state index is 5.55. The number of nitrogen functional groups attached to an aromatic ring is 1. The van der Waals surface area contributed by atoms with Gasteiger partial charge in [-0.3, -0.25) is 5.43 Å². The summed E-state index contributed by atoms with van der Waals surface area (Å²) >= 11 is 0. The van der Waals surface area contributed by atoms with Crippen molar-refractivity contribution < 1.29 is 9.47 Å². The third-order valence-electron chi connectivity index (χ3n) is 2.12. The summed E-state index contributed by atoms with van der Waals surface area (Å²) in [6.07, 6.45) is 1.56. The Bertz CT molecular complexity index is 502. The van der Waals surface area contributed by atoms with Gasteiger partial charge in [0.15, 0.2) is 0 Å². The summed E-state index contributed by atoms with van der Waals surface area (Å²) in [5.74, 6) is 7.41. The molecule has 1 aromatic heterocycles. The van der Waals surface area contributed by atoms with Crippen LogP contribution in [0.2, 0.25) is 0 Å². The van der Waals surface area contributed by atoms with Crippen LogP contribution in [0.15, 0.2) is 36.5 Å². The zero-order chi connectivity index (χ0) is 12.8. The minimum atomic E-state index is 0.304. The lowest BCUT2D eigenvalue weighted by Gasteiger charge is -2.07. The van der Waals surface area contributed by atoms with E-state index >= 15 is 0 Å². The van der Waals surface area contributed by atoms with Crippen LogP contribution in [0.25, 0.3) is 0 Å². The van der Waals surface area contributed by atoms with Crippen molar-refractivity contribution in [3.8, 4) is 17.4 Å². The number of benzene rings is 1. The quantitative estimate of drug-likeness (QED) is 0.620. The Morgan fingerprint density at radius 3 is 2.56 bits per heavy atom. The van der Waals surface area contributed by atoms with Gasteiger partial charge < -0.3 is 9.47 Å². The molecule has 18 heavy (non-hydrogen) atoms. The van der Waals surface area contributed by atoms with Crippen LogP contribution in [0.4, 0.5) is 5.95 Å². The van der Waals surface area contributed by atoms with E-state index in [9.17, 15) is 0 Å². The summed E-state index contributed by atoms with van der Waals surface area (Å²) in [6.45, 7) is 2.57. The number of hydrogen-bond acceptors (Lipinski definition) is 6. The van der Waals surface area contributed by atoms with Crippen LogP contribution in [-0.2, 0) is 0 Å². The number of nitrogens with two attached hydrogens (primary N) is 1. The second-order valence-electron chi connectivity index (χ2n) is 3.37. The van der Waals surface area contributed by atoms with Gasteiger partial charge in [0.25, 0.3) is 0 Å². The zero-order valence-electron chi connectivity index (χ0n) is 9.96. The van der Waals surface area contributed by atoms with Gasteiger partial charge in [-0.25, -0.2) is 10.8 Å². The average Bonchev–Trinajstić information content (AvgIpc) is 2.42. The predicted molar refractivity (Wildman–Crippen MR) is 67.5 cm³/mol. The molecule has 0 aliphatic carbocycles. The van der Waals surface area contributed by atoms with Crippen molar-refractivity contribution in [2.75, 3.05) is 12.0 Å². The third kappa shape index (κ3) is 3.08. The first-order chi connectivity index (χ1) is 8.81. The topological polar surface area (TPSA) is 82.3 Å². The maximum absolute atomic E-state index is 5.55. The number of nitrogens with one attached hydrogen (secondary N) is 1. The molecule has 0 saturated carbocycles. The van der Waals surface area contributed by atoms with E-state index in [2.05, 4.69) is 15.4 Å². The van der Waals surface area contributed by atoms with Gasteiger partial charge in [0, 0.05) is 12.3 Å². The van der Waals surface area contributed by atoms with E-state index in [-0.39, 0.29) is 0 Å². The molecule has 3 N–H and O–H groups in total. The Morgan fingerprint density at radius 2 is 1.89 bits per heavy atom. The van der Waals surface area contributed by atoms with Crippen LogP contribution in [0.5, 0.6) is 17.4 Å². The third-order valence-corrected chi connectivity index (χ3v) is 2.12. The molecule has 0 radical (unpaired) electrons. The normalized spacial score (nSPS) is 9.89. The summed E-state index contributed by atoms with van der Waals surface area (Å²) in [4.78, 5) is 7.94. The Hall–Kier alpha value is -2.34. The molecule has 1 heterocycles. The van der Waals surface area contributed by atoms with Crippen molar-refractivity contribution in [2.24, 2.45) is 5.84 Å². The minimum absolute atomic E-state index is 0.304. The van der Waals surface area contributed by atoms with Gasteiger partial charge in [0.2, 0.25) is 11.8 Å². The van der Waals surface area contributed by atoms with E-state index < -0.39 is 0 Å². The van der Waals surface area contributed by atoms with Crippen molar-refractivity contribution >= 4 is 5.95 Å². The molecule has 0 saturated heterocycles. The molecule has 6 heteroatoms. The average molecular weight is 246 g/mol. The highest BCUT2D eigenvalue weighted by Crippen LogP contribution is 2.22. The summed E-state index contributed by atoms with van der Waals surface area (Å²) in [6, 6.07) is 8.94. The fraction of sp³-hybridized carbons (Fsp3) is 0.167. The standard InChI is InChI=1S/C12H14N4O2/c1-2-17-9-3-5-10(6-4-9)18-11-7-8-14-12(15-11)16-13/h3-8H,2,13H2,1H3,(H,14,15,16). The van der Waals surface area contributed by atoms with Gasteiger partial charge in [0.1, 0.15) is 11.5 Å². The Balaban J connectivity index is 2.08. The van der Waals surface area contributed by atoms with Gasteiger partial charge in [0.05, 0.1) is 6.61 Å². The summed E-state index contributed by atoms with van der Waals surface area (Å²) in [5.41, 5.74) is 2.36. The van der Waals surface area contributed by atoms with Gasteiger partial charge in [-0.05, 0) is 31.2 Å². The van der Waals surface area contributed by atoms with Gasteiger partial charge in [-0.15, -0.1) is 0 Å². The van der Waals surface area contributed by atoms with Crippen LogP contribution in [0.1, 0.15) is 6.92 Å². The lowest BCUT2D eigenvalue weighted by molar-refractivity contribution is 0.339.